The van der Waals surface area contributed by atoms with Crippen LogP contribution < -0.4 is 10.9 Å². The Bertz CT molecular complexity index is 890. The number of carbonyl (C=O) groups is 1. The first-order chi connectivity index (χ1) is 12.6. The number of carbonyl (C=O) groups excluding carboxylic acids is 1. The third-order valence-electron chi connectivity index (χ3n) is 3.62. The smallest absolute Gasteiger partial charge is 0.255 e. The summed E-state index contributed by atoms with van der Waals surface area (Å²) < 4.78 is 0. The predicted molar refractivity (Wildman–Crippen MR) is 100 cm³/mol. The Labute approximate surface area is 154 Å². The summed E-state index contributed by atoms with van der Waals surface area (Å²) in [5, 5.41) is 12.6. The van der Waals surface area contributed by atoms with Gasteiger partial charge < -0.3 is 15.4 Å². The van der Waals surface area contributed by atoms with Crippen molar-refractivity contribution >= 4 is 17.7 Å². The van der Waals surface area contributed by atoms with Crippen LogP contribution in [0.25, 0.3) is 0 Å². The minimum absolute atomic E-state index is 0.0581. The lowest BCUT2D eigenvalue weighted by Gasteiger charge is -2.19. The van der Waals surface area contributed by atoms with Gasteiger partial charge in [-0.15, -0.1) is 0 Å². The van der Waals surface area contributed by atoms with E-state index < -0.39 is 5.56 Å². The normalized spacial score (nSPS) is 10.7. The number of hydrogen-bond donors (Lipinski definition) is 3. The average Bonchev–Trinajstić information content (AvgIpc) is 2.65. The highest BCUT2D eigenvalue weighted by Gasteiger charge is 2.17. The average molecular weight is 367 g/mol. The van der Waals surface area contributed by atoms with E-state index in [9.17, 15) is 14.7 Å². The Hall–Kier alpha value is -3.06. The minimum atomic E-state index is -0.466. The van der Waals surface area contributed by atoms with Crippen molar-refractivity contribution in [3.05, 3.63) is 88.2 Å². The van der Waals surface area contributed by atoms with Gasteiger partial charge in [0.2, 0.25) is 11.8 Å². The number of amides is 1. The molecule has 3 N–H and O–H groups in total. The molecule has 3 aromatic rings. The van der Waals surface area contributed by atoms with E-state index in [4.69, 9.17) is 0 Å². The summed E-state index contributed by atoms with van der Waals surface area (Å²) in [6, 6.07) is 20.1. The zero-order valence-electron chi connectivity index (χ0n) is 13.8. The maximum Gasteiger partial charge on any atom is 0.255 e. The predicted octanol–water partition coefficient (Wildman–Crippen LogP) is 2.47. The lowest BCUT2D eigenvalue weighted by molar-refractivity contribution is -0.119. The molecule has 0 spiro atoms. The van der Waals surface area contributed by atoms with E-state index >= 15 is 0 Å². The van der Waals surface area contributed by atoms with Gasteiger partial charge in [0.05, 0.1) is 17.9 Å². The van der Waals surface area contributed by atoms with Crippen molar-refractivity contribution < 1.29 is 9.90 Å². The number of rotatable bonds is 6. The fourth-order valence-electron chi connectivity index (χ4n) is 2.48. The highest BCUT2D eigenvalue weighted by atomic mass is 32.2. The zero-order chi connectivity index (χ0) is 18.4. The molecule has 0 aliphatic carbocycles. The lowest BCUT2D eigenvalue weighted by atomic mass is 9.99. The van der Waals surface area contributed by atoms with Gasteiger partial charge >= 0.3 is 0 Å². The number of nitrogens with one attached hydrogen (secondary N) is 2. The first-order valence-corrected chi connectivity index (χ1v) is 8.93. The van der Waals surface area contributed by atoms with Crippen molar-refractivity contribution in [2.45, 2.75) is 11.2 Å². The number of aromatic nitrogens is 2. The summed E-state index contributed by atoms with van der Waals surface area (Å²) >= 11 is 1.05. The van der Waals surface area contributed by atoms with Gasteiger partial charge in [0.25, 0.3) is 5.56 Å². The Morgan fingerprint density at radius 3 is 2.19 bits per heavy atom. The van der Waals surface area contributed by atoms with Crippen LogP contribution in [0.15, 0.2) is 76.7 Å². The van der Waals surface area contributed by atoms with E-state index in [-0.39, 0.29) is 28.7 Å². The second-order valence-electron chi connectivity index (χ2n) is 5.52. The largest absolute Gasteiger partial charge is 0.493 e. The minimum Gasteiger partial charge on any atom is -0.493 e. The fraction of sp³-hybridized carbons (Fsp3) is 0.105. The summed E-state index contributed by atoms with van der Waals surface area (Å²) in [5.41, 5.74) is 1.48. The Morgan fingerprint density at radius 1 is 1.08 bits per heavy atom. The Morgan fingerprint density at radius 2 is 1.65 bits per heavy atom. The maximum absolute atomic E-state index is 12.4. The number of H-pyrrole nitrogens is 1. The van der Waals surface area contributed by atoms with Gasteiger partial charge in [-0.1, -0.05) is 72.4 Å². The van der Waals surface area contributed by atoms with Crippen molar-refractivity contribution in [3.8, 4) is 5.88 Å². The van der Waals surface area contributed by atoms with Crippen molar-refractivity contribution in [3.63, 3.8) is 0 Å². The molecule has 0 aliphatic heterocycles. The lowest BCUT2D eigenvalue weighted by Crippen LogP contribution is -2.30. The molecule has 0 unspecified atom stereocenters. The van der Waals surface area contributed by atoms with Gasteiger partial charge in [-0.2, -0.15) is 4.98 Å². The van der Waals surface area contributed by atoms with E-state index in [1.165, 1.54) is 0 Å². The topological polar surface area (TPSA) is 95.1 Å². The maximum atomic E-state index is 12.4. The van der Waals surface area contributed by atoms with Crippen LogP contribution in [0.1, 0.15) is 17.2 Å². The van der Waals surface area contributed by atoms with Crippen LogP contribution in [-0.2, 0) is 4.79 Å². The number of nitrogens with zero attached hydrogens (tertiary/aromatic N) is 1. The van der Waals surface area contributed by atoms with E-state index in [2.05, 4.69) is 15.3 Å². The second-order valence-corrected chi connectivity index (χ2v) is 6.48. The molecule has 0 saturated heterocycles. The van der Waals surface area contributed by atoms with Crippen LogP contribution in [0.4, 0.5) is 0 Å². The molecule has 1 heterocycles. The third-order valence-corrected chi connectivity index (χ3v) is 4.49. The van der Waals surface area contributed by atoms with Crippen molar-refractivity contribution in [2.24, 2.45) is 0 Å². The molecule has 7 heteroatoms. The number of hydrogen-bond acceptors (Lipinski definition) is 5. The number of thioether (sulfide) groups is 1. The van der Waals surface area contributed by atoms with Gasteiger partial charge in [-0.25, -0.2) is 0 Å². The molecule has 1 amide bonds. The van der Waals surface area contributed by atoms with E-state index in [1.807, 2.05) is 60.7 Å². The first kappa shape index (κ1) is 17.8. The quantitative estimate of drug-likeness (QED) is 0.460. The van der Waals surface area contributed by atoms with Gasteiger partial charge in [-0.05, 0) is 11.1 Å². The standard InChI is InChI=1S/C19H17N3O3S/c23-15-11-16(24)22-19(21-15)26-12-17(25)20-18(13-7-3-1-4-8-13)14-9-5-2-6-10-14/h1-11,18H,12H2,(H,20,25)(H2,21,22,23,24). The molecule has 3 rings (SSSR count). The van der Waals surface area contributed by atoms with E-state index in [1.54, 1.807) is 0 Å². The van der Waals surface area contributed by atoms with Crippen LogP contribution in [-0.4, -0.2) is 26.7 Å². The number of benzene rings is 2. The monoisotopic (exact) mass is 367 g/mol. The summed E-state index contributed by atoms with van der Waals surface area (Å²) in [5.74, 6) is -0.524. The molecule has 0 atom stereocenters. The van der Waals surface area contributed by atoms with Crippen molar-refractivity contribution in [1.82, 2.24) is 15.3 Å². The Kier molecular flexibility index (Phi) is 5.70. The fourth-order valence-corrected chi connectivity index (χ4v) is 3.16. The van der Waals surface area contributed by atoms with Crippen LogP contribution in [0, 0.1) is 0 Å². The molecule has 0 radical (unpaired) electrons. The van der Waals surface area contributed by atoms with E-state index in [0.29, 0.717) is 0 Å². The highest BCUT2D eigenvalue weighted by Crippen LogP contribution is 2.22. The number of aromatic hydroxyl groups is 1. The van der Waals surface area contributed by atoms with Crippen molar-refractivity contribution in [2.75, 3.05) is 5.75 Å². The SMILES string of the molecule is O=C(CSc1nc(O)cc(=O)[nH]1)NC(c1ccccc1)c1ccccc1. The summed E-state index contributed by atoms with van der Waals surface area (Å²) in [6.07, 6.45) is 0. The molecule has 0 bridgehead atoms. The summed E-state index contributed by atoms with van der Waals surface area (Å²) in [7, 11) is 0. The van der Waals surface area contributed by atoms with Gasteiger partial charge in [-0.3, -0.25) is 9.59 Å². The highest BCUT2D eigenvalue weighted by molar-refractivity contribution is 7.99. The van der Waals surface area contributed by atoms with Crippen LogP contribution in [0.3, 0.4) is 0 Å². The number of aromatic amines is 1. The first-order valence-electron chi connectivity index (χ1n) is 7.94. The zero-order valence-corrected chi connectivity index (χ0v) is 14.6. The molecular weight excluding hydrogens is 350 g/mol. The van der Waals surface area contributed by atoms with Crippen molar-refractivity contribution in [1.29, 1.82) is 0 Å². The van der Waals surface area contributed by atoms with Gasteiger partial charge in [0.15, 0.2) is 5.16 Å². The second kappa shape index (κ2) is 8.35. The molecular formula is C19H17N3O3S. The molecule has 1 aromatic heterocycles. The molecule has 0 aliphatic rings. The molecule has 26 heavy (non-hydrogen) atoms. The molecule has 0 saturated carbocycles. The molecule has 6 nitrogen and oxygen atoms in total. The Balaban J connectivity index is 1.72. The van der Waals surface area contributed by atoms with Crippen LogP contribution in [0.5, 0.6) is 5.88 Å². The summed E-state index contributed by atoms with van der Waals surface area (Å²) in [6.45, 7) is 0. The third kappa shape index (κ3) is 4.73. The van der Waals surface area contributed by atoms with Gasteiger partial charge in [0, 0.05) is 0 Å². The van der Waals surface area contributed by atoms with Gasteiger partial charge in [0.1, 0.15) is 0 Å². The summed E-state index contributed by atoms with van der Waals surface area (Å²) in [4.78, 5) is 30.0. The van der Waals surface area contributed by atoms with E-state index in [0.717, 1.165) is 29.0 Å². The molecule has 0 fully saturated rings. The van der Waals surface area contributed by atoms with Crippen LogP contribution >= 0.6 is 11.8 Å². The molecule has 2 aromatic carbocycles. The molecule has 132 valence electrons. The van der Waals surface area contributed by atoms with Crippen LogP contribution in [0.2, 0.25) is 0 Å².